The van der Waals surface area contributed by atoms with Crippen LogP contribution in [0.1, 0.15) is 6.92 Å². The van der Waals surface area contributed by atoms with Crippen LogP contribution in [-0.4, -0.2) is 24.6 Å². The largest absolute Gasteiger partial charge is 0.460 e. The molecule has 5 heteroatoms. The first-order chi connectivity index (χ1) is 4.72. The van der Waals surface area contributed by atoms with Crippen molar-refractivity contribution in [1.82, 2.24) is 0 Å². The number of esters is 1. The van der Waals surface area contributed by atoms with Crippen LogP contribution in [0.5, 0.6) is 0 Å². The fourth-order valence-corrected chi connectivity index (χ4v) is 0.323. The summed E-state index contributed by atoms with van der Waals surface area (Å²) in [5.41, 5.74) is 0. The van der Waals surface area contributed by atoms with Gasteiger partial charge in [0.15, 0.2) is 0 Å². The van der Waals surface area contributed by atoms with Crippen molar-refractivity contribution in [1.29, 1.82) is 0 Å². The minimum Gasteiger partial charge on any atom is -0.460 e. The van der Waals surface area contributed by atoms with Crippen molar-refractivity contribution in [2.45, 2.75) is 6.92 Å². The molecule has 0 aromatic carbocycles. The lowest BCUT2D eigenvalue weighted by Gasteiger charge is -1.93. The smallest absolute Gasteiger partial charge is 0.380 e. The molecule has 56 valence electrons. The number of nitrogens with zero attached hydrogens (tertiary/aromatic N) is 1. The third-order valence-electron chi connectivity index (χ3n) is 0.668. The first-order valence-electron chi connectivity index (χ1n) is 2.66. The summed E-state index contributed by atoms with van der Waals surface area (Å²) in [6.07, 6.45) is 0.706. The van der Waals surface area contributed by atoms with Gasteiger partial charge in [0.1, 0.15) is 6.21 Å². The van der Waals surface area contributed by atoms with Crippen LogP contribution < -0.4 is 5.84 Å². The van der Waals surface area contributed by atoms with Gasteiger partial charge < -0.3 is 10.6 Å². The predicted octanol–water partition coefficient (Wildman–Crippen LogP) is -0.937. The van der Waals surface area contributed by atoms with Crippen molar-refractivity contribution in [2.24, 2.45) is 10.9 Å². The number of hydrazone groups is 1. The summed E-state index contributed by atoms with van der Waals surface area (Å²) in [5, 5.41) is 2.86. The molecule has 5 nitrogen and oxygen atoms in total. The maximum Gasteiger partial charge on any atom is 0.380 e. The van der Waals surface area contributed by atoms with Crippen LogP contribution in [0.2, 0.25) is 0 Å². The van der Waals surface area contributed by atoms with E-state index >= 15 is 0 Å². The molecule has 2 N–H and O–H groups in total. The van der Waals surface area contributed by atoms with Gasteiger partial charge in [0.2, 0.25) is 0 Å². The summed E-state index contributed by atoms with van der Waals surface area (Å²) in [6, 6.07) is 0. The SMILES string of the molecule is CCOC(=O)C(=O)C=NN. The highest BCUT2D eigenvalue weighted by Gasteiger charge is 2.10. The number of rotatable bonds is 3. The molecule has 0 aromatic rings. The van der Waals surface area contributed by atoms with Crippen LogP contribution in [0.15, 0.2) is 5.10 Å². The number of nitrogens with two attached hydrogens (primary N) is 1. The molecular formula is C5H8N2O3. The zero-order valence-corrected chi connectivity index (χ0v) is 5.53. The van der Waals surface area contributed by atoms with E-state index in [0.717, 1.165) is 0 Å². The molecule has 0 aliphatic carbocycles. The Morgan fingerprint density at radius 3 is 2.70 bits per heavy atom. The zero-order chi connectivity index (χ0) is 7.98. The monoisotopic (exact) mass is 144 g/mol. The van der Waals surface area contributed by atoms with Crippen molar-refractivity contribution in [3.63, 3.8) is 0 Å². The van der Waals surface area contributed by atoms with Crippen molar-refractivity contribution in [2.75, 3.05) is 6.61 Å². The van der Waals surface area contributed by atoms with Gasteiger partial charge in [-0.15, -0.1) is 0 Å². The average molecular weight is 144 g/mol. The van der Waals surface area contributed by atoms with Gasteiger partial charge in [-0.1, -0.05) is 0 Å². The maximum atomic E-state index is 10.4. The van der Waals surface area contributed by atoms with E-state index in [1.807, 2.05) is 0 Å². The van der Waals surface area contributed by atoms with E-state index in [-0.39, 0.29) is 6.61 Å². The van der Waals surface area contributed by atoms with Crippen molar-refractivity contribution < 1.29 is 14.3 Å². The zero-order valence-electron chi connectivity index (χ0n) is 5.53. The van der Waals surface area contributed by atoms with E-state index in [4.69, 9.17) is 0 Å². The van der Waals surface area contributed by atoms with Crippen LogP contribution >= 0.6 is 0 Å². The van der Waals surface area contributed by atoms with Crippen LogP contribution in [0, 0.1) is 0 Å². The molecule has 0 atom stereocenters. The van der Waals surface area contributed by atoms with Gasteiger partial charge in [-0.05, 0) is 6.92 Å². The Morgan fingerprint density at radius 1 is 1.70 bits per heavy atom. The van der Waals surface area contributed by atoms with Gasteiger partial charge in [-0.2, -0.15) is 5.10 Å². The number of ether oxygens (including phenoxy) is 1. The first kappa shape index (κ1) is 8.61. The van der Waals surface area contributed by atoms with Gasteiger partial charge in [-0.3, -0.25) is 4.79 Å². The van der Waals surface area contributed by atoms with E-state index in [1.54, 1.807) is 6.92 Å². The number of hydrogen-bond acceptors (Lipinski definition) is 5. The quantitative estimate of drug-likeness (QED) is 0.182. The summed E-state index contributed by atoms with van der Waals surface area (Å²) in [4.78, 5) is 20.8. The normalized spacial score (nSPS) is 9.70. The number of carbonyl (C=O) groups excluding carboxylic acids is 2. The minimum absolute atomic E-state index is 0.170. The van der Waals surface area contributed by atoms with Gasteiger partial charge in [0.05, 0.1) is 6.61 Å². The second-order valence-electron chi connectivity index (χ2n) is 1.36. The molecule has 10 heavy (non-hydrogen) atoms. The van der Waals surface area contributed by atoms with Crippen molar-refractivity contribution in [3.05, 3.63) is 0 Å². The summed E-state index contributed by atoms with van der Waals surface area (Å²) in [7, 11) is 0. The third-order valence-corrected chi connectivity index (χ3v) is 0.668. The standard InChI is InChI=1S/C5H8N2O3/c1-2-10-5(9)4(8)3-7-6/h3H,2,6H2,1H3. The Hall–Kier alpha value is -1.39. The molecule has 0 amide bonds. The molecule has 0 aromatic heterocycles. The van der Waals surface area contributed by atoms with Gasteiger partial charge in [-0.25, -0.2) is 4.79 Å². The van der Waals surface area contributed by atoms with E-state index in [1.165, 1.54) is 0 Å². The second kappa shape index (κ2) is 4.49. The Kier molecular flexibility index (Phi) is 3.86. The van der Waals surface area contributed by atoms with Gasteiger partial charge >= 0.3 is 5.97 Å². The topological polar surface area (TPSA) is 81.8 Å². The molecule has 0 saturated carbocycles. The van der Waals surface area contributed by atoms with E-state index in [0.29, 0.717) is 6.21 Å². The van der Waals surface area contributed by atoms with Gasteiger partial charge in [0.25, 0.3) is 5.78 Å². The highest BCUT2D eigenvalue weighted by Crippen LogP contribution is 1.77. The van der Waals surface area contributed by atoms with Crippen molar-refractivity contribution in [3.8, 4) is 0 Å². The summed E-state index contributed by atoms with van der Waals surface area (Å²) in [5.74, 6) is 2.83. The fourth-order valence-electron chi connectivity index (χ4n) is 0.323. The highest BCUT2D eigenvalue weighted by molar-refractivity contribution is 6.56. The summed E-state index contributed by atoms with van der Waals surface area (Å²) < 4.78 is 4.32. The predicted molar refractivity (Wildman–Crippen MR) is 34.3 cm³/mol. The van der Waals surface area contributed by atoms with Crippen LogP contribution in [0.3, 0.4) is 0 Å². The number of carbonyl (C=O) groups is 2. The Bertz CT molecular complexity index is 164. The summed E-state index contributed by atoms with van der Waals surface area (Å²) in [6.45, 7) is 1.77. The molecule has 0 aliphatic rings. The van der Waals surface area contributed by atoms with Gasteiger partial charge in [0, 0.05) is 0 Å². The fraction of sp³-hybridized carbons (Fsp3) is 0.400. The molecule has 0 unspecified atom stereocenters. The van der Waals surface area contributed by atoms with Crippen molar-refractivity contribution >= 4 is 18.0 Å². The molecule has 0 rings (SSSR count). The second-order valence-corrected chi connectivity index (χ2v) is 1.36. The molecular weight excluding hydrogens is 136 g/mol. The third kappa shape index (κ3) is 2.81. The molecule has 0 bridgehead atoms. The van der Waals surface area contributed by atoms with Crippen LogP contribution in [-0.2, 0) is 14.3 Å². The molecule has 0 fully saturated rings. The van der Waals surface area contributed by atoms with E-state index in [2.05, 4.69) is 15.7 Å². The van der Waals surface area contributed by atoms with E-state index < -0.39 is 11.8 Å². The Balaban J connectivity index is 3.83. The minimum atomic E-state index is -0.934. The lowest BCUT2D eigenvalue weighted by Crippen LogP contribution is -2.18. The lowest BCUT2D eigenvalue weighted by atomic mass is 10.4. The first-order valence-corrected chi connectivity index (χ1v) is 2.66. The molecule has 0 saturated heterocycles. The lowest BCUT2D eigenvalue weighted by molar-refractivity contribution is -0.150. The molecule has 0 heterocycles. The number of ketones is 1. The maximum absolute atomic E-state index is 10.4. The molecule has 0 spiro atoms. The average Bonchev–Trinajstić information content (AvgIpc) is 1.89. The summed E-state index contributed by atoms with van der Waals surface area (Å²) >= 11 is 0. The van der Waals surface area contributed by atoms with Crippen LogP contribution in [0.25, 0.3) is 0 Å². The van der Waals surface area contributed by atoms with Crippen LogP contribution in [0.4, 0.5) is 0 Å². The number of hydrogen-bond donors (Lipinski definition) is 1. The molecule has 0 aliphatic heterocycles. The Labute approximate surface area is 57.8 Å². The number of Topliss-reactive ketones (excluding diaryl/α,β-unsaturated/α-hetero) is 1. The molecule has 0 radical (unpaired) electrons. The highest BCUT2D eigenvalue weighted by atomic mass is 16.5. The Morgan fingerprint density at radius 2 is 2.30 bits per heavy atom. The van der Waals surface area contributed by atoms with E-state index in [9.17, 15) is 9.59 Å².